The number of ether oxygens (including phenoxy) is 2. The van der Waals surface area contributed by atoms with Gasteiger partial charge in [0.05, 0.1) is 20.6 Å². The van der Waals surface area contributed by atoms with Crippen LogP contribution in [0.2, 0.25) is 0 Å². The van der Waals surface area contributed by atoms with Gasteiger partial charge in [-0.25, -0.2) is 9.59 Å². The molecule has 11 heteroatoms. The molecule has 0 atom stereocenters. The zero-order valence-corrected chi connectivity index (χ0v) is 14.0. The average Bonchev–Trinajstić information content (AvgIpc) is 2.54. The number of aromatic nitrogens is 2. The summed E-state index contributed by atoms with van der Waals surface area (Å²) in [4.78, 5) is 56.5. The number of methoxy groups -OCH3 is 2. The smallest absolute Gasteiger partial charge is 0.441 e. The molecule has 11 nitrogen and oxygen atoms in total. The Balaban J connectivity index is 0.000000462. The van der Waals surface area contributed by atoms with E-state index in [4.69, 9.17) is 5.53 Å². The molecule has 0 fully saturated rings. The first kappa shape index (κ1) is 21.5. The van der Waals surface area contributed by atoms with Crippen molar-refractivity contribution in [3.05, 3.63) is 33.2 Å². The highest BCUT2D eigenvalue weighted by Crippen LogP contribution is 1.90. The summed E-state index contributed by atoms with van der Waals surface area (Å²) in [5.74, 6) is -3.07. The summed E-state index contributed by atoms with van der Waals surface area (Å²) in [5.41, 5.74) is 7.45. The van der Waals surface area contributed by atoms with Crippen LogP contribution in [0.25, 0.3) is 5.53 Å². The monoisotopic (exact) mass is 352 g/mol. The fourth-order valence-corrected chi connectivity index (χ4v) is 1.36. The number of carbonyl (C=O) groups excluding carboxylic acids is 4. The van der Waals surface area contributed by atoms with Crippen molar-refractivity contribution in [3.8, 4) is 0 Å². The van der Waals surface area contributed by atoms with Crippen molar-refractivity contribution in [3.63, 3.8) is 0 Å². The van der Waals surface area contributed by atoms with E-state index >= 15 is 0 Å². The summed E-state index contributed by atoms with van der Waals surface area (Å²) in [5, 5.41) is 6.04. The lowest BCUT2D eigenvalue weighted by Gasteiger charge is -1.96. The lowest BCUT2D eigenvalue weighted by atomic mass is 10.1. The van der Waals surface area contributed by atoms with Gasteiger partial charge >= 0.3 is 17.7 Å². The van der Waals surface area contributed by atoms with Gasteiger partial charge < -0.3 is 15.0 Å². The fraction of sp³-hybridized carbons (Fsp3) is 0.357. The van der Waals surface area contributed by atoms with E-state index in [-0.39, 0.29) is 5.69 Å². The minimum absolute atomic E-state index is 0.219. The molecule has 1 rings (SSSR count). The minimum atomic E-state index is -1.06. The van der Waals surface area contributed by atoms with Crippen LogP contribution in [0, 0.1) is 6.92 Å². The second-order valence-corrected chi connectivity index (χ2v) is 4.50. The molecule has 0 unspecified atom stereocenters. The van der Waals surface area contributed by atoms with Crippen LogP contribution in [0.1, 0.15) is 29.5 Å². The number of H-pyrrole nitrogens is 1. The van der Waals surface area contributed by atoms with Gasteiger partial charge in [-0.2, -0.15) is 9.89 Å². The number of hydrogen-bond acceptors (Lipinski definition) is 8. The van der Waals surface area contributed by atoms with Crippen LogP contribution in [0.4, 0.5) is 0 Å². The Hall–Kier alpha value is -3.46. The molecule has 0 bridgehead atoms. The van der Waals surface area contributed by atoms with Crippen molar-refractivity contribution in [2.24, 2.45) is 0 Å². The summed E-state index contributed by atoms with van der Waals surface area (Å²) < 4.78 is 8.48. The van der Waals surface area contributed by atoms with Crippen LogP contribution in [0.5, 0.6) is 0 Å². The van der Waals surface area contributed by atoms with E-state index in [2.05, 4.69) is 24.5 Å². The average molecular weight is 352 g/mol. The third-order valence-corrected chi connectivity index (χ3v) is 2.46. The van der Waals surface area contributed by atoms with Crippen molar-refractivity contribution in [1.82, 2.24) is 10.2 Å². The maximum atomic E-state index is 11.1. The highest BCUT2D eigenvalue weighted by Gasteiger charge is 2.30. The van der Waals surface area contributed by atoms with E-state index in [1.165, 1.54) is 20.1 Å². The van der Waals surface area contributed by atoms with Crippen LogP contribution in [0.15, 0.2) is 10.9 Å². The Bertz CT molecular complexity index is 791. The topological polar surface area (TPSA) is 169 Å². The second kappa shape index (κ2) is 10.3. The van der Waals surface area contributed by atoms with Crippen molar-refractivity contribution in [2.45, 2.75) is 20.3 Å². The molecular weight excluding hydrogens is 336 g/mol. The molecule has 1 heterocycles. The van der Waals surface area contributed by atoms with Gasteiger partial charge in [0.2, 0.25) is 11.1 Å². The van der Waals surface area contributed by atoms with Crippen LogP contribution in [-0.2, 0) is 23.9 Å². The Kier molecular flexibility index (Phi) is 8.91. The maximum absolute atomic E-state index is 11.1. The number of ketones is 2. The highest BCUT2D eigenvalue weighted by atomic mass is 16.5. The van der Waals surface area contributed by atoms with Gasteiger partial charge in [-0.15, -0.1) is 0 Å². The number of nitrogens with one attached hydrogen (secondary N) is 1. The standard InChI is InChI=1S/C7H8N2O4.C7H8N2O3/c1-4(10)3-5(11)6(9-8)7(12)13-2;1-4-3-5(10)6(9-8-4)7(11)12-2/h3H2,1-2H3;3H,1-2H3,(H,8,10). The van der Waals surface area contributed by atoms with Gasteiger partial charge in [0.25, 0.3) is 5.78 Å². The van der Waals surface area contributed by atoms with E-state index in [1.54, 1.807) is 6.92 Å². The third-order valence-electron chi connectivity index (χ3n) is 2.46. The quantitative estimate of drug-likeness (QED) is 0.237. The molecule has 0 aromatic carbocycles. The molecular formula is C14H16N4O7. The number of nitrogens with zero attached hydrogens (tertiary/aromatic N) is 3. The van der Waals surface area contributed by atoms with Crippen molar-refractivity contribution in [2.75, 3.05) is 14.2 Å². The van der Waals surface area contributed by atoms with E-state index in [1.807, 2.05) is 0 Å². The zero-order valence-electron chi connectivity index (χ0n) is 14.0. The number of aromatic amines is 1. The lowest BCUT2D eigenvalue weighted by molar-refractivity contribution is -0.139. The van der Waals surface area contributed by atoms with Crippen LogP contribution in [-0.4, -0.2) is 58.4 Å². The number of Topliss-reactive ketones (excluding diaryl/α,β-unsaturated/α-hetero) is 2. The number of rotatable bonds is 5. The van der Waals surface area contributed by atoms with Gasteiger partial charge in [-0.1, -0.05) is 0 Å². The summed E-state index contributed by atoms with van der Waals surface area (Å²) in [6, 6.07) is 1.29. The Labute approximate surface area is 141 Å². The Morgan fingerprint density at radius 3 is 2.24 bits per heavy atom. The molecule has 1 N–H and O–H groups in total. The molecule has 0 saturated carbocycles. The first-order chi connectivity index (χ1) is 11.7. The molecule has 134 valence electrons. The number of aryl methyl sites for hydroxylation is 1. The molecule has 0 radical (unpaired) electrons. The molecule has 1 aromatic heterocycles. The molecule has 0 aliphatic carbocycles. The molecule has 25 heavy (non-hydrogen) atoms. The van der Waals surface area contributed by atoms with Gasteiger partial charge in [-0.05, 0) is 13.8 Å². The number of hydrogen-bond donors (Lipinski definition) is 1. The largest absolute Gasteiger partial charge is 0.464 e. The number of carbonyl (C=O) groups is 4. The summed E-state index contributed by atoms with van der Waals surface area (Å²) in [6.45, 7) is 2.86. The van der Waals surface area contributed by atoms with Crippen molar-refractivity contribution >= 4 is 29.2 Å². The molecule has 1 aromatic rings. The zero-order chi connectivity index (χ0) is 19.6. The fourth-order valence-electron chi connectivity index (χ4n) is 1.36. The van der Waals surface area contributed by atoms with Crippen molar-refractivity contribution < 1.29 is 33.4 Å². The van der Waals surface area contributed by atoms with Crippen LogP contribution in [0.3, 0.4) is 0 Å². The van der Waals surface area contributed by atoms with Gasteiger partial charge in [0.15, 0.2) is 0 Å². The Morgan fingerprint density at radius 2 is 1.84 bits per heavy atom. The highest BCUT2D eigenvalue weighted by molar-refractivity contribution is 6.63. The summed E-state index contributed by atoms with van der Waals surface area (Å²) in [6.07, 6.45) is -0.478. The molecule has 0 amide bonds. The first-order valence-electron chi connectivity index (χ1n) is 6.65. The third kappa shape index (κ3) is 7.10. The number of esters is 2. The second-order valence-electron chi connectivity index (χ2n) is 4.50. The van der Waals surface area contributed by atoms with E-state index in [9.17, 15) is 24.0 Å². The van der Waals surface area contributed by atoms with Crippen LogP contribution < -0.4 is 5.43 Å². The maximum Gasteiger partial charge on any atom is 0.441 e. The predicted octanol–water partition coefficient (Wildman–Crippen LogP) is -0.757. The molecule has 0 aliphatic heterocycles. The van der Waals surface area contributed by atoms with E-state index in [0.29, 0.717) is 5.69 Å². The normalized spacial score (nSPS) is 8.96. The molecule has 0 saturated heterocycles. The minimum Gasteiger partial charge on any atom is -0.464 e. The summed E-state index contributed by atoms with van der Waals surface area (Å²) >= 11 is 0. The SMILES string of the molecule is COC(=O)C(=[N+]=[N-])C(=O)CC(C)=O.COC(=O)c1n[nH]c(C)cc1=O. The first-order valence-corrected chi connectivity index (χ1v) is 6.65. The van der Waals surface area contributed by atoms with E-state index < -0.39 is 41.1 Å². The Morgan fingerprint density at radius 1 is 1.24 bits per heavy atom. The molecule has 0 spiro atoms. The van der Waals surface area contributed by atoms with Crippen LogP contribution >= 0.6 is 0 Å². The summed E-state index contributed by atoms with van der Waals surface area (Å²) in [7, 11) is 2.23. The molecule has 0 aliphatic rings. The lowest BCUT2D eigenvalue weighted by Crippen LogP contribution is -2.27. The van der Waals surface area contributed by atoms with Gasteiger partial charge in [-0.3, -0.25) is 19.5 Å². The van der Waals surface area contributed by atoms with Gasteiger partial charge in [0, 0.05) is 11.8 Å². The predicted molar refractivity (Wildman–Crippen MR) is 81.9 cm³/mol. The van der Waals surface area contributed by atoms with E-state index in [0.717, 1.165) is 7.11 Å². The van der Waals surface area contributed by atoms with Crippen molar-refractivity contribution in [1.29, 1.82) is 0 Å². The van der Waals surface area contributed by atoms with Gasteiger partial charge in [0.1, 0.15) is 5.78 Å².